The first kappa shape index (κ1) is 12.3. The van der Waals surface area contributed by atoms with Crippen LogP contribution < -0.4 is 11.3 Å². The second kappa shape index (κ2) is 4.38. The van der Waals surface area contributed by atoms with E-state index < -0.39 is 5.91 Å². The molecule has 0 saturated heterocycles. The van der Waals surface area contributed by atoms with E-state index in [4.69, 9.17) is 5.73 Å². The van der Waals surface area contributed by atoms with Crippen molar-refractivity contribution in [3.63, 3.8) is 0 Å². The number of nitrogens with zero attached hydrogens (tertiary/aromatic N) is 1. The van der Waals surface area contributed by atoms with Crippen LogP contribution in [0.3, 0.4) is 0 Å². The number of amides is 1. The summed E-state index contributed by atoms with van der Waals surface area (Å²) in [5.74, 6) is -1.05. The Bertz CT molecular complexity index is 455. The van der Waals surface area contributed by atoms with Crippen molar-refractivity contribution in [3.8, 4) is 5.88 Å². The Morgan fingerprint density at radius 3 is 2.38 bits per heavy atom. The lowest BCUT2D eigenvalue weighted by Gasteiger charge is -2.14. The summed E-state index contributed by atoms with van der Waals surface area (Å²) < 4.78 is 1.16. The first-order chi connectivity index (χ1) is 7.45. The second-order valence-corrected chi connectivity index (χ2v) is 3.57. The van der Waals surface area contributed by atoms with Crippen molar-refractivity contribution in [1.29, 1.82) is 0 Å². The Balaban J connectivity index is 3.77. The molecule has 5 heteroatoms. The fourth-order valence-corrected chi connectivity index (χ4v) is 1.88. The minimum atomic E-state index is -0.716. The highest BCUT2D eigenvalue weighted by Gasteiger charge is 2.20. The molecule has 3 N–H and O–H groups in total. The van der Waals surface area contributed by atoms with Crippen LogP contribution in [0.2, 0.25) is 0 Å². The number of aromatic nitrogens is 1. The molecule has 0 bridgehead atoms. The largest absolute Gasteiger partial charge is 0.494 e. The SMILES string of the molecule is CCc1c(C)c(C(N)=O)c(O)n(CC)c1=O. The van der Waals surface area contributed by atoms with E-state index in [2.05, 4.69) is 0 Å². The molecule has 0 saturated carbocycles. The minimum absolute atomic E-state index is 0.0401. The Morgan fingerprint density at radius 2 is 2.00 bits per heavy atom. The molecule has 1 rings (SSSR count). The number of rotatable bonds is 3. The van der Waals surface area contributed by atoms with E-state index in [9.17, 15) is 14.7 Å². The predicted molar refractivity (Wildman–Crippen MR) is 60.7 cm³/mol. The van der Waals surface area contributed by atoms with Crippen LogP contribution in [0.1, 0.15) is 35.3 Å². The van der Waals surface area contributed by atoms with Gasteiger partial charge in [-0.1, -0.05) is 6.92 Å². The molecule has 0 aromatic carbocycles. The smallest absolute Gasteiger partial charge is 0.256 e. The van der Waals surface area contributed by atoms with Gasteiger partial charge in [0.25, 0.3) is 11.5 Å². The van der Waals surface area contributed by atoms with Crippen molar-refractivity contribution >= 4 is 5.91 Å². The van der Waals surface area contributed by atoms with Crippen molar-refractivity contribution in [3.05, 3.63) is 27.0 Å². The van der Waals surface area contributed by atoms with E-state index in [1.807, 2.05) is 6.92 Å². The summed E-state index contributed by atoms with van der Waals surface area (Å²) in [5.41, 5.74) is 5.98. The highest BCUT2D eigenvalue weighted by molar-refractivity contribution is 5.96. The van der Waals surface area contributed by atoms with Gasteiger partial charge in [-0.3, -0.25) is 14.2 Å². The van der Waals surface area contributed by atoms with Crippen LogP contribution in [0, 0.1) is 6.92 Å². The standard InChI is InChI=1S/C11H16N2O3/c1-4-7-6(3)8(9(12)14)11(16)13(5-2)10(7)15/h16H,4-5H2,1-3H3,(H2,12,14). The maximum Gasteiger partial charge on any atom is 0.256 e. The molecule has 0 aliphatic rings. The van der Waals surface area contributed by atoms with Crippen molar-refractivity contribution in [2.24, 2.45) is 5.73 Å². The molecule has 1 aromatic heterocycles. The molecule has 5 nitrogen and oxygen atoms in total. The molecule has 0 radical (unpaired) electrons. The quantitative estimate of drug-likeness (QED) is 0.785. The molecule has 0 spiro atoms. The first-order valence-electron chi connectivity index (χ1n) is 5.20. The minimum Gasteiger partial charge on any atom is -0.494 e. The van der Waals surface area contributed by atoms with E-state index in [1.165, 1.54) is 0 Å². The highest BCUT2D eigenvalue weighted by atomic mass is 16.3. The number of carbonyl (C=O) groups excluding carboxylic acids is 1. The summed E-state index contributed by atoms with van der Waals surface area (Å²) in [4.78, 5) is 23.1. The van der Waals surface area contributed by atoms with Gasteiger partial charge in [-0.2, -0.15) is 0 Å². The van der Waals surface area contributed by atoms with Crippen molar-refractivity contribution < 1.29 is 9.90 Å². The summed E-state index contributed by atoms with van der Waals surface area (Å²) in [7, 11) is 0. The van der Waals surface area contributed by atoms with Gasteiger partial charge < -0.3 is 10.8 Å². The number of hydrogen-bond donors (Lipinski definition) is 2. The van der Waals surface area contributed by atoms with E-state index in [1.54, 1.807) is 13.8 Å². The molecular weight excluding hydrogens is 208 g/mol. The normalized spacial score (nSPS) is 10.4. The number of aromatic hydroxyl groups is 1. The van der Waals surface area contributed by atoms with Crippen LogP contribution in [0.15, 0.2) is 4.79 Å². The molecule has 1 aromatic rings. The van der Waals surface area contributed by atoms with E-state index >= 15 is 0 Å². The molecule has 1 amide bonds. The Hall–Kier alpha value is -1.78. The van der Waals surface area contributed by atoms with Crippen LogP contribution in [0.5, 0.6) is 5.88 Å². The molecule has 0 aliphatic heterocycles. The molecule has 1 heterocycles. The fraction of sp³-hybridized carbons (Fsp3) is 0.455. The Kier molecular flexibility index (Phi) is 3.37. The topological polar surface area (TPSA) is 85.3 Å². The van der Waals surface area contributed by atoms with Gasteiger partial charge in [0.15, 0.2) is 0 Å². The molecule has 0 unspecified atom stereocenters. The second-order valence-electron chi connectivity index (χ2n) is 3.57. The van der Waals surface area contributed by atoms with Gasteiger partial charge in [-0.15, -0.1) is 0 Å². The van der Waals surface area contributed by atoms with Gasteiger partial charge in [-0.05, 0) is 25.8 Å². The van der Waals surface area contributed by atoms with Crippen molar-refractivity contribution in [2.45, 2.75) is 33.7 Å². The number of pyridine rings is 1. The maximum absolute atomic E-state index is 11.9. The molecule has 0 fully saturated rings. The predicted octanol–water partition coefficient (Wildman–Crippen LogP) is 0.544. The van der Waals surface area contributed by atoms with Crippen LogP contribution >= 0.6 is 0 Å². The third-order valence-electron chi connectivity index (χ3n) is 2.73. The maximum atomic E-state index is 11.9. The van der Waals surface area contributed by atoms with Crippen molar-refractivity contribution in [2.75, 3.05) is 0 Å². The summed E-state index contributed by atoms with van der Waals surface area (Å²) in [6.07, 6.45) is 0.505. The van der Waals surface area contributed by atoms with Crippen LogP contribution in [0.25, 0.3) is 0 Å². The van der Waals surface area contributed by atoms with Gasteiger partial charge in [0.1, 0.15) is 5.56 Å². The molecule has 0 aliphatic carbocycles. The third kappa shape index (κ3) is 1.68. The lowest BCUT2D eigenvalue weighted by Crippen LogP contribution is -2.28. The Morgan fingerprint density at radius 1 is 1.44 bits per heavy atom. The zero-order valence-corrected chi connectivity index (χ0v) is 9.70. The lowest BCUT2D eigenvalue weighted by atomic mass is 10.0. The monoisotopic (exact) mass is 224 g/mol. The fourth-order valence-electron chi connectivity index (χ4n) is 1.88. The number of primary amides is 1. The molecular formula is C11H16N2O3. The molecule has 88 valence electrons. The van der Waals surface area contributed by atoms with Gasteiger partial charge in [-0.25, -0.2) is 0 Å². The summed E-state index contributed by atoms with van der Waals surface area (Å²) in [6, 6.07) is 0. The Labute approximate surface area is 93.5 Å². The van der Waals surface area contributed by atoms with Crippen LogP contribution in [0.4, 0.5) is 0 Å². The average Bonchev–Trinajstić information content (AvgIpc) is 2.18. The van der Waals surface area contributed by atoms with Gasteiger partial charge in [0, 0.05) is 12.1 Å². The molecule has 0 atom stereocenters. The first-order valence-corrected chi connectivity index (χ1v) is 5.20. The number of nitrogens with two attached hydrogens (primary N) is 1. The third-order valence-corrected chi connectivity index (χ3v) is 2.73. The van der Waals surface area contributed by atoms with Crippen LogP contribution in [-0.4, -0.2) is 15.6 Å². The summed E-state index contributed by atoms with van der Waals surface area (Å²) >= 11 is 0. The number of hydrogen-bond acceptors (Lipinski definition) is 3. The van der Waals surface area contributed by atoms with Crippen molar-refractivity contribution in [1.82, 2.24) is 4.57 Å². The van der Waals surface area contributed by atoms with Gasteiger partial charge in [0.2, 0.25) is 5.88 Å². The highest BCUT2D eigenvalue weighted by Crippen LogP contribution is 2.21. The van der Waals surface area contributed by atoms with E-state index in [0.717, 1.165) is 4.57 Å². The lowest BCUT2D eigenvalue weighted by molar-refractivity contribution is 0.0995. The van der Waals surface area contributed by atoms with E-state index in [0.29, 0.717) is 24.1 Å². The van der Waals surface area contributed by atoms with Gasteiger partial charge in [0.05, 0.1) is 0 Å². The molecule has 16 heavy (non-hydrogen) atoms. The zero-order valence-electron chi connectivity index (χ0n) is 9.70. The van der Waals surface area contributed by atoms with Gasteiger partial charge >= 0.3 is 0 Å². The zero-order chi connectivity index (χ0) is 12.5. The van der Waals surface area contributed by atoms with E-state index in [-0.39, 0.29) is 17.0 Å². The summed E-state index contributed by atoms with van der Waals surface area (Å²) in [6.45, 7) is 5.48. The van der Waals surface area contributed by atoms with Crippen LogP contribution in [-0.2, 0) is 13.0 Å². The average molecular weight is 224 g/mol. The summed E-state index contributed by atoms with van der Waals surface area (Å²) in [5, 5.41) is 9.80. The number of carbonyl (C=O) groups is 1.